The Morgan fingerprint density at radius 3 is 2.52 bits per heavy atom. The third-order valence-electron chi connectivity index (χ3n) is 5.26. The van der Waals surface area contributed by atoms with E-state index in [-0.39, 0.29) is 11.9 Å². The molecular formula is C22H22FN3O3. The van der Waals surface area contributed by atoms with Gasteiger partial charge in [0.15, 0.2) is 5.82 Å². The molecule has 1 saturated heterocycles. The summed E-state index contributed by atoms with van der Waals surface area (Å²) >= 11 is 0. The number of carbonyl (C=O) groups is 1. The summed E-state index contributed by atoms with van der Waals surface area (Å²) in [5.41, 5.74) is 3.14. The van der Waals surface area contributed by atoms with Crippen molar-refractivity contribution in [3.63, 3.8) is 0 Å². The van der Waals surface area contributed by atoms with Gasteiger partial charge >= 0.3 is 5.97 Å². The molecule has 1 aromatic heterocycles. The normalized spacial score (nSPS) is 14.7. The van der Waals surface area contributed by atoms with Crippen molar-refractivity contribution in [1.29, 1.82) is 0 Å². The first-order valence-corrected chi connectivity index (χ1v) is 9.53. The fourth-order valence-electron chi connectivity index (χ4n) is 3.58. The number of esters is 1. The van der Waals surface area contributed by atoms with E-state index in [0.717, 1.165) is 18.4 Å². The van der Waals surface area contributed by atoms with Gasteiger partial charge in [-0.3, -0.25) is 0 Å². The molecular weight excluding hydrogens is 373 g/mol. The Labute approximate surface area is 168 Å². The Hall–Kier alpha value is -3.06. The van der Waals surface area contributed by atoms with Gasteiger partial charge in [0.25, 0.3) is 0 Å². The van der Waals surface area contributed by atoms with Crippen LogP contribution in [0.5, 0.6) is 0 Å². The average Bonchev–Trinajstić information content (AvgIpc) is 2.78. The van der Waals surface area contributed by atoms with Crippen molar-refractivity contribution in [1.82, 2.24) is 9.97 Å². The van der Waals surface area contributed by atoms with Crippen molar-refractivity contribution in [2.75, 3.05) is 32.3 Å². The van der Waals surface area contributed by atoms with E-state index < -0.39 is 5.97 Å². The van der Waals surface area contributed by atoms with E-state index in [9.17, 15) is 9.18 Å². The molecule has 6 nitrogen and oxygen atoms in total. The number of nitrogens with zero attached hydrogens (tertiary/aromatic N) is 3. The number of ether oxygens (including phenoxy) is 2. The second kappa shape index (κ2) is 8.13. The van der Waals surface area contributed by atoms with Gasteiger partial charge in [-0.15, -0.1) is 0 Å². The van der Waals surface area contributed by atoms with Crippen molar-refractivity contribution < 1.29 is 18.7 Å². The maximum atomic E-state index is 13.5. The maximum absolute atomic E-state index is 13.5. The first-order chi connectivity index (χ1) is 14.1. The lowest BCUT2D eigenvalue weighted by atomic mass is 10.1. The van der Waals surface area contributed by atoms with Gasteiger partial charge in [0.05, 0.1) is 23.7 Å². The number of anilines is 1. The molecule has 1 fully saturated rings. The first-order valence-electron chi connectivity index (χ1n) is 9.53. The Morgan fingerprint density at radius 1 is 1.10 bits per heavy atom. The fraction of sp³-hybridized carbons (Fsp3) is 0.318. The second-order valence-corrected chi connectivity index (χ2v) is 7.05. The number of methoxy groups -OCH3 is 1. The number of hydrogen-bond acceptors (Lipinski definition) is 6. The first kappa shape index (κ1) is 19.3. The minimum Gasteiger partial charge on any atom is -0.465 e. The Morgan fingerprint density at radius 2 is 1.83 bits per heavy atom. The van der Waals surface area contributed by atoms with Crippen molar-refractivity contribution in [2.24, 2.45) is 0 Å². The van der Waals surface area contributed by atoms with Crippen LogP contribution in [0.25, 0.3) is 22.3 Å². The van der Waals surface area contributed by atoms with E-state index in [1.54, 1.807) is 30.3 Å². The van der Waals surface area contributed by atoms with Crippen molar-refractivity contribution >= 4 is 22.8 Å². The minimum atomic E-state index is -0.421. The molecule has 0 N–H and O–H groups in total. The lowest BCUT2D eigenvalue weighted by molar-refractivity contribution is 0.0601. The zero-order chi connectivity index (χ0) is 20.4. The lowest BCUT2D eigenvalue weighted by Gasteiger charge is -2.33. The summed E-state index contributed by atoms with van der Waals surface area (Å²) in [7, 11) is 3.34. The predicted molar refractivity (Wildman–Crippen MR) is 109 cm³/mol. The third kappa shape index (κ3) is 3.91. The molecule has 0 saturated carbocycles. The molecule has 0 amide bonds. The van der Waals surface area contributed by atoms with Crippen LogP contribution in [0.15, 0.2) is 42.5 Å². The van der Waals surface area contributed by atoms with E-state index in [2.05, 4.69) is 4.90 Å². The fourth-order valence-corrected chi connectivity index (χ4v) is 3.58. The van der Waals surface area contributed by atoms with Crippen LogP contribution in [-0.4, -0.2) is 49.4 Å². The number of carbonyl (C=O) groups excluding carboxylic acids is 1. The summed E-state index contributed by atoms with van der Waals surface area (Å²) in [5, 5.41) is 0. The number of aromatic nitrogens is 2. The summed E-state index contributed by atoms with van der Waals surface area (Å²) < 4.78 is 23.8. The van der Waals surface area contributed by atoms with Crippen LogP contribution in [0.3, 0.4) is 0 Å². The van der Waals surface area contributed by atoms with Crippen molar-refractivity contribution in [2.45, 2.75) is 18.9 Å². The smallest absolute Gasteiger partial charge is 0.337 e. The van der Waals surface area contributed by atoms with Crippen LogP contribution in [0.2, 0.25) is 0 Å². The summed E-state index contributed by atoms with van der Waals surface area (Å²) in [5.74, 6) is -0.0294. The van der Waals surface area contributed by atoms with Gasteiger partial charge in [-0.25, -0.2) is 19.2 Å². The molecule has 0 bridgehead atoms. The highest BCUT2D eigenvalue weighted by molar-refractivity contribution is 5.94. The molecule has 7 heteroatoms. The van der Waals surface area contributed by atoms with Crippen molar-refractivity contribution in [3.8, 4) is 11.3 Å². The van der Waals surface area contributed by atoms with Gasteiger partial charge in [-0.1, -0.05) is 0 Å². The topological polar surface area (TPSA) is 64.5 Å². The minimum absolute atomic E-state index is 0.262. The molecule has 1 aliphatic heterocycles. The number of rotatable bonds is 4. The van der Waals surface area contributed by atoms with E-state index >= 15 is 0 Å². The summed E-state index contributed by atoms with van der Waals surface area (Å²) in [6.07, 6.45) is 1.78. The Bertz CT molecular complexity index is 1030. The number of halogens is 1. The van der Waals surface area contributed by atoms with E-state index in [1.165, 1.54) is 19.2 Å². The zero-order valence-electron chi connectivity index (χ0n) is 16.4. The summed E-state index contributed by atoms with van der Waals surface area (Å²) in [6, 6.07) is 11.6. The molecule has 29 heavy (non-hydrogen) atoms. The molecule has 0 spiro atoms. The quantitative estimate of drug-likeness (QED) is 0.626. The van der Waals surface area contributed by atoms with Crippen LogP contribution < -0.4 is 4.90 Å². The van der Waals surface area contributed by atoms with Gasteiger partial charge in [-0.05, 0) is 55.3 Å². The predicted octanol–water partition coefficient (Wildman–Crippen LogP) is 3.84. The molecule has 0 unspecified atom stereocenters. The SMILES string of the molecule is COC(=O)c1ccc2nc(-c3ccc(F)cc3)c(N(C)C3CCOCC3)nc2c1. The lowest BCUT2D eigenvalue weighted by Crippen LogP contribution is -2.37. The highest BCUT2D eigenvalue weighted by Crippen LogP contribution is 2.32. The van der Waals surface area contributed by atoms with Crippen LogP contribution in [0.1, 0.15) is 23.2 Å². The summed E-state index contributed by atoms with van der Waals surface area (Å²) in [6.45, 7) is 1.41. The molecule has 4 rings (SSSR count). The summed E-state index contributed by atoms with van der Waals surface area (Å²) in [4.78, 5) is 23.7. The Kier molecular flexibility index (Phi) is 5.40. The molecule has 0 aliphatic carbocycles. The highest BCUT2D eigenvalue weighted by Gasteiger charge is 2.24. The number of benzene rings is 2. The third-order valence-corrected chi connectivity index (χ3v) is 5.26. The molecule has 150 valence electrons. The molecule has 0 radical (unpaired) electrons. The van der Waals surface area contributed by atoms with Gasteiger partial charge in [0.2, 0.25) is 0 Å². The van der Waals surface area contributed by atoms with E-state index in [1.807, 2.05) is 7.05 Å². The molecule has 0 atom stereocenters. The van der Waals surface area contributed by atoms with E-state index in [4.69, 9.17) is 19.4 Å². The van der Waals surface area contributed by atoms with Crippen LogP contribution in [-0.2, 0) is 9.47 Å². The standard InChI is InChI=1S/C22H22FN3O3/c1-26(17-9-11-29-12-10-17)21-20(14-3-6-16(23)7-4-14)24-18-8-5-15(22(27)28-2)13-19(18)25-21/h3-8,13,17H,9-12H2,1-2H3. The van der Waals surface area contributed by atoms with Crippen LogP contribution in [0.4, 0.5) is 10.2 Å². The molecule has 1 aliphatic rings. The van der Waals surface area contributed by atoms with E-state index in [0.29, 0.717) is 41.3 Å². The average molecular weight is 395 g/mol. The maximum Gasteiger partial charge on any atom is 0.337 e. The largest absolute Gasteiger partial charge is 0.465 e. The van der Waals surface area contributed by atoms with Gasteiger partial charge in [0, 0.05) is 31.9 Å². The number of fused-ring (bicyclic) bond motifs is 1. The zero-order valence-corrected chi connectivity index (χ0v) is 16.4. The Balaban J connectivity index is 1.86. The van der Waals surface area contributed by atoms with Gasteiger partial charge in [-0.2, -0.15) is 0 Å². The molecule has 3 aromatic rings. The molecule has 2 heterocycles. The second-order valence-electron chi connectivity index (χ2n) is 7.05. The molecule has 2 aromatic carbocycles. The van der Waals surface area contributed by atoms with Crippen molar-refractivity contribution in [3.05, 3.63) is 53.8 Å². The van der Waals surface area contributed by atoms with Gasteiger partial charge < -0.3 is 14.4 Å². The van der Waals surface area contributed by atoms with Crippen LogP contribution >= 0.6 is 0 Å². The highest BCUT2D eigenvalue weighted by atomic mass is 19.1. The number of hydrogen-bond donors (Lipinski definition) is 0. The van der Waals surface area contributed by atoms with Gasteiger partial charge in [0.1, 0.15) is 11.5 Å². The monoisotopic (exact) mass is 395 g/mol. The van der Waals surface area contributed by atoms with Crippen LogP contribution in [0, 0.1) is 5.82 Å².